The highest BCUT2D eigenvalue weighted by Crippen LogP contribution is 1.56. The van der Waals surface area contributed by atoms with Crippen LogP contribution in [0.25, 0.3) is 0 Å². The standard InChI is InChI=1S/C3H8.Mg.2H/c1-3-2;;;/h3H2,1-2H3;;;. The second-order valence-corrected chi connectivity index (χ2v) is 0.707. The molecule has 0 nitrogen and oxygen atoms in total. The van der Waals surface area contributed by atoms with Crippen LogP contribution < -0.4 is 0 Å². The minimum absolute atomic E-state index is 0. The minimum atomic E-state index is 0. The predicted octanol–water partition coefficient (Wildman–Crippen LogP) is 0.500. The molecule has 0 saturated carbocycles. The van der Waals surface area contributed by atoms with E-state index in [-0.39, 0.29) is 23.1 Å². The third kappa shape index (κ3) is 14.7. The zero-order chi connectivity index (χ0) is 2.71. The first-order valence-corrected chi connectivity index (χ1v) is 1.41. The monoisotopic (exact) mass is 70.1 g/mol. The Kier molecular flexibility index (Phi) is 20.4. The van der Waals surface area contributed by atoms with Gasteiger partial charge in [-0.25, -0.2) is 0 Å². The Bertz CT molecular complexity index is 3.25. The van der Waals surface area contributed by atoms with Gasteiger partial charge < -0.3 is 0 Å². The lowest BCUT2D eigenvalue weighted by Crippen LogP contribution is -1.27. The van der Waals surface area contributed by atoms with Crippen molar-refractivity contribution >= 4 is 23.1 Å². The molecule has 4 heavy (non-hydrogen) atoms. The van der Waals surface area contributed by atoms with E-state index in [1.807, 2.05) is 0 Å². The molecular weight excluding hydrogens is 60.3 g/mol. The van der Waals surface area contributed by atoms with Gasteiger partial charge in [0.1, 0.15) is 0 Å². The van der Waals surface area contributed by atoms with Crippen molar-refractivity contribution in [2.75, 3.05) is 0 Å². The molecule has 0 amide bonds. The van der Waals surface area contributed by atoms with Gasteiger partial charge in [0.15, 0.2) is 0 Å². The van der Waals surface area contributed by atoms with E-state index in [4.69, 9.17) is 0 Å². The summed E-state index contributed by atoms with van der Waals surface area (Å²) < 4.78 is 0. The molecule has 0 bridgehead atoms. The van der Waals surface area contributed by atoms with Crippen LogP contribution >= 0.6 is 0 Å². The average Bonchev–Trinajstić information content (AvgIpc) is 0.918. The largest absolute Gasteiger partial charge is 0.316 e. The summed E-state index contributed by atoms with van der Waals surface area (Å²) in [5.41, 5.74) is 0. The molecule has 0 atom stereocenters. The Morgan fingerprint density at radius 3 is 1.25 bits per heavy atom. The van der Waals surface area contributed by atoms with Gasteiger partial charge in [-0.1, -0.05) is 20.3 Å². The Morgan fingerprint density at radius 2 is 1.25 bits per heavy atom. The topological polar surface area (TPSA) is 0 Å². The van der Waals surface area contributed by atoms with E-state index in [1.165, 1.54) is 6.42 Å². The van der Waals surface area contributed by atoms with Crippen LogP contribution in [0.4, 0.5) is 0 Å². The van der Waals surface area contributed by atoms with Gasteiger partial charge in [0.25, 0.3) is 0 Å². The maximum atomic E-state index is 2.12. The summed E-state index contributed by atoms with van der Waals surface area (Å²) in [6.45, 7) is 4.25. The molecular formula is C3H10Mg. The van der Waals surface area contributed by atoms with Gasteiger partial charge in [0.2, 0.25) is 0 Å². The van der Waals surface area contributed by atoms with Crippen molar-refractivity contribution in [3.05, 3.63) is 0 Å². The first-order valence-electron chi connectivity index (χ1n) is 1.41. The van der Waals surface area contributed by atoms with Crippen molar-refractivity contribution in [2.45, 2.75) is 20.3 Å². The number of rotatable bonds is 0. The second-order valence-electron chi connectivity index (χ2n) is 0.707. The molecule has 0 aromatic heterocycles. The molecule has 0 fully saturated rings. The van der Waals surface area contributed by atoms with E-state index in [0.29, 0.717) is 0 Å². The molecule has 0 aliphatic rings. The summed E-state index contributed by atoms with van der Waals surface area (Å²) in [5.74, 6) is 0. The van der Waals surface area contributed by atoms with Crippen molar-refractivity contribution < 1.29 is 0 Å². The van der Waals surface area contributed by atoms with Crippen LogP contribution in [-0.2, 0) is 0 Å². The molecule has 0 aromatic rings. The Balaban J connectivity index is 0. The predicted molar refractivity (Wildman–Crippen MR) is 24.5 cm³/mol. The molecule has 0 N–H and O–H groups in total. The van der Waals surface area contributed by atoms with Crippen molar-refractivity contribution in [2.24, 2.45) is 0 Å². The van der Waals surface area contributed by atoms with Gasteiger partial charge >= 0.3 is 23.1 Å². The van der Waals surface area contributed by atoms with E-state index in [9.17, 15) is 0 Å². The van der Waals surface area contributed by atoms with Crippen molar-refractivity contribution in [3.8, 4) is 0 Å². The molecule has 0 aliphatic carbocycles. The SMILES string of the molecule is CCC.[MgH2]. The summed E-state index contributed by atoms with van der Waals surface area (Å²) in [5, 5.41) is 0. The highest BCUT2D eigenvalue weighted by Gasteiger charge is 1.35. The zero-order valence-electron chi connectivity index (χ0n) is 2.71. The summed E-state index contributed by atoms with van der Waals surface area (Å²) in [6, 6.07) is 0. The van der Waals surface area contributed by atoms with Crippen LogP contribution in [0, 0.1) is 0 Å². The normalized spacial score (nSPS) is 4.50. The van der Waals surface area contributed by atoms with Gasteiger partial charge in [-0.2, -0.15) is 0 Å². The molecule has 0 aliphatic heterocycles. The van der Waals surface area contributed by atoms with Gasteiger partial charge in [-0.05, 0) is 0 Å². The first-order chi connectivity index (χ1) is 1.41. The summed E-state index contributed by atoms with van der Waals surface area (Å²) in [6.07, 6.45) is 1.25. The van der Waals surface area contributed by atoms with E-state index < -0.39 is 0 Å². The smallest absolute Gasteiger partial charge is 0.0656 e. The maximum Gasteiger partial charge on any atom is 0.316 e. The lowest BCUT2D eigenvalue weighted by Gasteiger charge is -1.48. The fourth-order valence-corrected chi connectivity index (χ4v) is 0. The fraction of sp³-hybridized carbons (Fsp3) is 1.00. The van der Waals surface area contributed by atoms with Crippen molar-refractivity contribution in [1.82, 2.24) is 0 Å². The van der Waals surface area contributed by atoms with E-state index in [0.717, 1.165) is 0 Å². The lowest BCUT2D eigenvalue weighted by molar-refractivity contribution is 1.09. The highest BCUT2D eigenvalue weighted by atomic mass is 24.3. The molecule has 1 heteroatoms. The third-order valence-electron chi connectivity index (χ3n) is 0. The Morgan fingerprint density at radius 1 is 1.25 bits per heavy atom. The van der Waals surface area contributed by atoms with E-state index >= 15 is 0 Å². The Hall–Kier alpha value is 0.766. The summed E-state index contributed by atoms with van der Waals surface area (Å²) >= 11 is 0. The van der Waals surface area contributed by atoms with Gasteiger partial charge in [-0.15, -0.1) is 0 Å². The number of hydrogen-bond donors (Lipinski definition) is 0. The van der Waals surface area contributed by atoms with E-state index in [1.54, 1.807) is 0 Å². The van der Waals surface area contributed by atoms with E-state index in [2.05, 4.69) is 13.8 Å². The van der Waals surface area contributed by atoms with Crippen molar-refractivity contribution in [1.29, 1.82) is 0 Å². The third-order valence-corrected chi connectivity index (χ3v) is 0. The van der Waals surface area contributed by atoms with Gasteiger partial charge in [0, 0.05) is 0 Å². The van der Waals surface area contributed by atoms with Gasteiger partial charge in [0.05, 0.1) is 0 Å². The maximum absolute atomic E-state index is 2.12. The molecule has 0 unspecified atom stereocenters. The quantitative estimate of drug-likeness (QED) is 0.364. The lowest BCUT2D eigenvalue weighted by atomic mass is 10.6. The summed E-state index contributed by atoms with van der Waals surface area (Å²) in [7, 11) is 0. The molecule has 0 spiro atoms. The van der Waals surface area contributed by atoms with Crippen LogP contribution in [-0.4, -0.2) is 23.1 Å². The second kappa shape index (κ2) is 9.24. The Labute approximate surface area is 43.7 Å². The van der Waals surface area contributed by atoms with Gasteiger partial charge in [-0.3, -0.25) is 0 Å². The van der Waals surface area contributed by atoms with Crippen molar-refractivity contribution in [3.63, 3.8) is 0 Å². The number of hydrogen-bond acceptors (Lipinski definition) is 0. The molecule has 0 saturated heterocycles. The molecule has 0 rings (SSSR count). The first kappa shape index (κ1) is 8.84. The molecule has 0 aromatic carbocycles. The molecule has 0 radical (unpaired) electrons. The highest BCUT2D eigenvalue weighted by molar-refractivity contribution is 5.75. The molecule has 0 heterocycles. The average molecular weight is 70.4 g/mol. The van der Waals surface area contributed by atoms with Crippen LogP contribution in [0.3, 0.4) is 0 Å². The zero-order valence-corrected chi connectivity index (χ0v) is 2.71. The van der Waals surface area contributed by atoms with Crippen LogP contribution in [0.1, 0.15) is 20.3 Å². The minimum Gasteiger partial charge on any atom is -0.0656 e. The fourth-order valence-electron chi connectivity index (χ4n) is 0. The molecule has 24 valence electrons. The summed E-state index contributed by atoms with van der Waals surface area (Å²) in [4.78, 5) is 0. The van der Waals surface area contributed by atoms with Crippen LogP contribution in [0.15, 0.2) is 0 Å². The van der Waals surface area contributed by atoms with Crippen LogP contribution in [0.5, 0.6) is 0 Å². The van der Waals surface area contributed by atoms with Crippen LogP contribution in [0.2, 0.25) is 0 Å².